The number of benzene rings is 7. The molecule has 2 aromatic heterocycles. The van der Waals surface area contributed by atoms with E-state index >= 15 is 0 Å². The van der Waals surface area contributed by atoms with Crippen molar-refractivity contribution < 1.29 is 4.42 Å². The van der Waals surface area contributed by atoms with Crippen molar-refractivity contribution in [2.24, 2.45) is 0 Å². The standard InChI is InChI=1S/C45H29N3O/c1-3-12-30(13-4-1)32-24-26-33(27-25-32)43-46-44(36-18-9-16-34(28-36)31-14-5-2-6-15-31)48-45(47-43)37-19-10-17-35(29-37)38-21-11-22-40-39-20-7-8-23-41(39)49-42(38)40/h1-29H. The minimum Gasteiger partial charge on any atom is -0.455 e. The zero-order chi connectivity index (χ0) is 32.6. The van der Waals surface area contributed by atoms with E-state index in [2.05, 4.69) is 146 Å². The lowest BCUT2D eigenvalue weighted by Crippen LogP contribution is -2.00. The van der Waals surface area contributed by atoms with Crippen molar-refractivity contribution in [1.29, 1.82) is 0 Å². The summed E-state index contributed by atoms with van der Waals surface area (Å²) in [5.74, 6) is 1.85. The van der Waals surface area contributed by atoms with Gasteiger partial charge in [-0.2, -0.15) is 0 Å². The first-order valence-electron chi connectivity index (χ1n) is 16.4. The normalized spacial score (nSPS) is 11.3. The summed E-state index contributed by atoms with van der Waals surface area (Å²) in [6.45, 7) is 0. The Morgan fingerprint density at radius 3 is 1.45 bits per heavy atom. The van der Waals surface area contributed by atoms with E-state index in [0.29, 0.717) is 17.5 Å². The molecule has 0 radical (unpaired) electrons. The van der Waals surface area contributed by atoms with Gasteiger partial charge < -0.3 is 4.42 Å². The first kappa shape index (κ1) is 28.6. The van der Waals surface area contributed by atoms with Gasteiger partial charge in [0.1, 0.15) is 11.2 Å². The lowest BCUT2D eigenvalue weighted by Gasteiger charge is -2.11. The third-order valence-corrected chi connectivity index (χ3v) is 8.95. The van der Waals surface area contributed by atoms with Gasteiger partial charge in [0.05, 0.1) is 0 Å². The predicted molar refractivity (Wildman–Crippen MR) is 200 cm³/mol. The Balaban J connectivity index is 1.18. The lowest BCUT2D eigenvalue weighted by molar-refractivity contribution is 0.670. The Bertz CT molecular complexity index is 2590. The number of rotatable bonds is 6. The van der Waals surface area contributed by atoms with Gasteiger partial charge in [0.15, 0.2) is 17.5 Å². The molecule has 0 N–H and O–H groups in total. The number of hydrogen-bond acceptors (Lipinski definition) is 4. The quantitative estimate of drug-likeness (QED) is 0.184. The minimum absolute atomic E-state index is 0.607. The molecular weight excluding hydrogens is 599 g/mol. The zero-order valence-corrected chi connectivity index (χ0v) is 26.5. The van der Waals surface area contributed by atoms with Crippen molar-refractivity contribution in [3.05, 3.63) is 176 Å². The highest BCUT2D eigenvalue weighted by Gasteiger charge is 2.16. The third-order valence-electron chi connectivity index (χ3n) is 8.95. The molecule has 0 saturated carbocycles. The topological polar surface area (TPSA) is 51.8 Å². The van der Waals surface area contributed by atoms with E-state index in [4.69, 9.17) is 19.4 Å². The fraction of sp³-hybridized carbons (Fsp3) is 0. The number of aromatic nitrogens is 3. The summed E-state index contributed by atoms with van der Waals surface area (Å²) in [5.41, 5.74) is 11.1. The van der Waals surface area contributed by atoms with Crippen LogP contribution >= 0.6 is 0 Å². The maximum absolute atomic E-state index is 6.39. The van der Waals surface area contributed by atoms with Crippen LogP contribution in [0.3, 0.4) is 0 Å². The largest absolute Gasteiger partial charge is 0.455 e. The second-order valence-corrected chi connectivity index (χ2v) is 12.1. The van der Waals surface area contributed by atoms with Gasteiger partial charge >= 0.3 is 0 Å². The second kappa shape index (κ2) is 12.2. The summed E-state index contributed by atoms with van der Waals surface area (Å²) in [5, 5.41) is 2.21. The van der Waals surface area contributed by atoms with Gasteiger partial charge in [-0.15, -0.1) is 0 Å². The maximum atomic E-state index is 6.39. The molecule has 4 heteroatoms. The van der Waals surface area contributed by atoms with E-state index in [1.165, 1.54) is 5.56 Å². The SMILES string of the molecule is c1ccc(-c2ccc(-c3nc(-c4cccc(-c5ccccc5)c4)nc(-c4cccc(-c5cccc6c5oc5ccccc56)c4)n3)cc2)cc1. The summed E-state index contributed by atoms with van der Waals surface area (Å²) in [6.07, 6.45) is 0. The summed E-state index contributed by atoms with van der Waals surface area (Å²) in [6, 6.07) is 60.4. The van der Waals surface area contributed by atoms with Crippen molar-refractivity contribution in [2.45, 2.75) is 0 Å². The summed E-state index contributed by atoms with van der Waals surface area (Å²) >= 11 is 0. The van der Waals surface area contributed by atoms with E-state index in [-0.39, 0.29) is 0 Å². The molecule has 7 aromatic carbocycles. The summed E-state index contributed by atoms with van der Waals surface area (Å²) in [7, 11) is 0. The van der Waals surface area contributed by atoms with Crippen LogP contribution in [0.4, 0.5) is 0 Å². The van der Waals surface area contributed by atoms with Gasteiger partial charge in [-0.1, -0.05) is 158 Å². The molecule has 0 unspecified atom stereocenters. The molecule has 0 aliphatic rings. The molecule has 0 aliphatic heterocycles. The second-order valence-electron chi connectivity index (χ2n) is 12.1. The molecule has 2 heterocycles. The minimum atomic E-state index is 0.607. The first-order valence-corrected chi connectivity index (χ1v) is 16.4. The van der Waals surface area contributed by atoms with E-state index in [9.17, 15) is 0 Å². The molecule has 9 aromatic rings. The van der Waals surface area contributed by atoms with Crippen LogP contribution in [0.25, 0.3) is 89.5 Å². The molecule has 0 fully saturated rings. The van der Waals surface area contributed by atoms with Crippen LogP contribution in [0.2, 0.25) is 0 Å². The van der Waals surface area contributed by atoms with Gasteiger partial charge in [0.25, 0.3) is 0 Å². The molecule has 0 atom stereocenters. The van der Waals surface area contributed by atoms with Crippen LogP contribution in [-0.4, -0.2) is 15.0 Å². The average Bonchev–Trinajstić information content (AvgIpc) is 3.58. The van der Waals surface area contributed by atoms with E-state index < -0.39 is 0 Å². The third kappa shape index (κ3) is 5.45. The smallest absolute Gasteiger partial charge is 0.164 e. The molecule has 4 nitrogen and oxygen atoms in total. The molecular formula is C45H29N3O. The first-order chi connectivity index (χ1) is 24.3. The fourth-order valence-corrected chi connectivity index (χ4v) is 6.47. The monoisotopic (exact) mass is 627 g/mol. The lowest BCUT2D eigenvalue weighted by atomic mass is 10.00. The van der Waals surface area contributed by atoms with E-state index in [0.717, 1.165) is 66.4 Å². The van der Waals surface area contributed by atoms with Crippen LogP contribution < -0.4 is 0 Å². The van der Waals surface area contributed by atoms with Crippen molar-refractivity contribution in [2.75, 3.05) is 0 Å². The molecule has 0 aliphatic carbocycles. The Morgan fingerprint density at radius 1 is 0.306 bits per heavy atom. The number of nitrogens with zero attached hydrogens (tertiary/aromatic N) is 3. The molecule has 0 bridgehead atoms. The molecule has 9 rings (SSSR count). The van der Waals surface area contributed by atoms with Gasteiger partial charge in [0.2, 0.25) is 0 Å². The number of para-hydroxylation sites is 2. The van der Waals surface area contributed by atoms with Gasteiger partial charge in [-0.05, 0) is 46.0 Å². The highest BCUT2D eigenvalue weighted by molar-refractivity contribution is 6.09. The van der Waals surface area contributed by atoms with E-state index in [1.54, 1.807) is 0 Å². The maximum Gasteiger partial charge on any atom is 0.164 e. The molecule has 0 spiro atoms. The van der Waals surface area contributed by atoms with Crippen LogP contribution in [-0.2, 0) is 0 Å². The van der Waals surface area contributed by atoms with Crippen LogP contribution in [0, 0.1) is 0 Å². The average molecular weight is 628 g/mol. The van der Waals surface area contributed by atoms with Gasteiger partial charge in [0, 0.05) is 33.0 Å². The number of fused-ring (bicyclic) bond motifs is 3. The molecule has 0 saturated heterocycles. The predicted octanol–water partition coefficient (Wildman–Crippen LogP) is 11.8. The number of hydrogen-bond donors (Lipinski definition) is 0. The molecule has 0 amide bonds. The van der Waals surface area contributed by atoms with Crippen molar-refractivity contribution >= 4 is 21.9 Å². The highest BCUT2D eigenvalue weighted by atomic mass is 16.3. The molecule has 49 heavy (non-hydrogen) atoms. The van der Waals surface area contributed by atoms with Crippen LogP contribution in [0.1, 0.15) is 0 Å². The van der Waals surface area contributed by atoms with Crippen LogP contribution in [0.15, 0.2) is 180 Å². The Labute approximate surface area is 284 Å². The van der Waals surface area contributed by atoms with Crippen LogP contribution in [0.5, 0.6) is 0 Å². The Morgan fingerprint density at radius 2 is 0.755 bits per heavy atom. The Kier molecular flexibility index (Phi) is 7.10. The van der Waals surface area contributed by atoms with Crippen molar-refractivity contribution in [1.82, 2.24) is 15.0 Å². The van der Waals surface area contributed by atoms with Gasteiger partial charge in [-0.25, -0.2) is 15.0 Å². The molecule has 230 valence electrons. The highest BCUT2D eigenvalue weighted by Crippen LogP contribution is 2.37. The van der Waals surface area contributed by atoms with Crippen molar-refractivity contribution in [3.63, 3.8) is 0 Å². The van der Waals surface area contributed by atoms with Crippen molar-refractivity contribution in [3.8, 4) is 67.5 Å². The number of furan rings is 1. The summed E-state index contributed by atoms with van der Waals surface area (Å²) < 4.78 is 6.39. The fourth-order valence-electron chi connectivity index (χ4n) is 6.47. The zero-order valence-electron chi connectivity index (χ0n) is 26.5. The summed E-state index contributed by atoms with van der Waals surface area (Å²) in [4.78, 5) is 15.2. The van der Waals surface area contributed by atoms with Gasteiger partial charge in [-0.3, -0.25) is 0 Å². The van der Waals surface area contributed by atoms with E-state index in [1.807, 2.05) is 30.3 Å². The Hall–Kier alpha value is -6.65.